The molecule has 146 valence electrons. The topological polar surface area (TPSA) is 85.2 Å². The molecule has 3 aromatic rings. The van der Waals surface area contributed by atoms with Crippen LogP contribution in [0.1, 0.15) is 19.7 Å². The summed E-state index contributed by atoms with van der Waals surface area (Å²) in [6.07, 6.45) is 0. The number of hydrogen-bond donors (Lipinski definition) is 2. The van der Waals surface area contributed by atoms with E-state index in [1.165, 1.54) is 0 Å². The van der Waals surface area contributed by atoms with Crippen LogP contribution >= 0.6 is 0 Å². The van der Waals surface area contributed by atoms with Crippen molar-refractivity contribution in [2.75, 3.05) is 6.54 Å². The number of imidazole rings is 1. The molecule has 1 aromatic heterocycles. The number of fused-ring (bicyclic) bond motifs is 1. The molecule has 0 bridgehead atoms. The predicted molar refractivity (Wildman–Crippen MR) is 107 cm³/mol. The van der Waals surface area contributed by atoms with Gasteiger partial charge in [-0.2, -0.15) is 0 Å². The largest absolute Gasteiger partial charge is 0.486 e. The van der Waals surface area contributed by atoms with Crippen molar-refractivity contribution in [3.8, 4) is 5.75 Å². The van der Waals surface area contributed by atoms with Crippen LogP contribution in [0.4, 0.5) is 0 Å². The molecular weight excluding hydrogens is 356 g/mol. The third-order valence-electron chi connectivity index (χ3n) is 4.27. The molecule has 0 aliphatic rings. The Balaban J connectivity index is 1.76. The zero-order valence-corrected chi connectivity index (χ0v) is 16.0. The number of nitrogens with zero attached hydrogens (tertiary/aromatic N) is 2. The molecule has 1 heterocycles. The fourth-order valence-electron chi connectivity index (χ4n) is 2.90. The van der Waals surface area contributed by atoms with Crippen molar-refractivity contribution < 1.29 is 14.3 Å². The van der Waals surface area contributed by atoms with Gasteiger partial charge in [-0.3, -0.25) is 9.59 Å². The minimum atomic E-state index is -0.605. The highest BCUT2D eigenvalue weighted by Crippen LogP contribution is 2.18. The number of amides is 2. The van der Waals surface area contributed by atoms with E-state index in [4.69, 9.17) is 4.74 Å². The standard InChI is InChI=1S/C21H24N4O3/c1-3-22-21(27)15(2)23-20(26)13-25-18-12-8-7-11-17(18)24-19(25)14-28-16-9-5-4-6-10-16/h4-12,15H,3,13-14H2,1-2H3,(H,22,27)(H,23,26). The number of benzene rings is 2. The van der Waals surface area contributed by atoms with E-state index < -0.39 is 6.04 Å². The Morgan fingerprint density at radius 3 is 2.57 bits per heavy atom. The number of aromatic nitrogens is 2. The highest BCUT2D eigenvalue weighted by Gasteiger charge is 2.18. The SMILES string of the molecule is CCNC(=O)C(C)NC(=O)Cn1c(COc2ccccc2)nc2ccccc21. The average Bonchev–Trinajstić information content (AvgIpc) is 3.04. The summed E-state index contributed by atoms with van der Waals surface area (Å²) in [5.74, 6) is 0.906. The van der Waals surface area contributed by atoms with Crippen molar-refractivity contribution >= 4 is 22.8 Å². The van der Waals surface area contributed by atoms with Crippen molar-refractivity contribution in [2.45, 2.75) is 33.0 Å². The van der Waals surface area contributed by atoms with Crippen LogP contribution < -0.4 is 15.4 Å². The van der Waals surface area contributed by atoms with Crippen molar-refractivity contribution in [2.24, 2.45) is 0 Å². The molecule has 7 nitrogen and oxygen atoms in total. The molecule has 2 aromatic carbocycles. The predicted octanol–water partition coefficient (Wildman–Crippen LogP) is 2.26. The lowest BCUT2D eigenvalue weighted by Crippen LogP contribution is -2.45. The third-order valence-corrected chi connectivity index (χ3v) is 4.27. The highest BCUT2D eigenvalue weighted by molar-refractivity contribution is 5.88. The smallest absolute Gasteiger partial charge is 0.242 e. The lowest BCUT2D eigenvalue weighted by atomic mass is 10.3. The van der Waals surface area contributed by atoms with E-state index in [1.807, 2.05) is 66.1 Å². The summed E-state index contributed by atoms with van der Waals surface area (Å²) in [6.45, 7) is 4.30. The van der Waals surface area contributed by atoms with E-state index >= 15 is 0 Å². The van der Waals surface area contributed by atoms with Crippen molar-refractivity contribution in [1.82, 2.24) is 20.2 Å². The Morgan fingerprint density at radius 1 is 1.11 bits per heavy atom. The van der Waals surface area contributed by atoms with Gasteiger partial charge in [-0.1, -0.05) is 30.3 Å². The van der Waals surface area contributed by atoms with Crippen LogP contribution in [0, 0.1) is 0 Å². The number of rotatable bonds is 8. The van der Waals surface area contributed by atoms with Gasteiger partial charge in [0.2, 0.25) is 11.8 Å². The summed E-state index contributed by atoms with van der Waals surface area (Å²) in [4.78, 5) is 29.0. The van der Waals surface area contributed by atoms with Gasteiger partial charge >= 0.3 is 0 Å². The molecule has 2 amide bonds. The summed E-state index contributed by atoms with van der Waals surface area (Å²) in [5, 5.41) is 5.42. The number of nitrogens with one attached hydrogen (secondary N) is 2. The summed E-state index contributed by atoms with van der Waals surface area (Å²) in [5.41, 5.74) is 1.63. The number of hydrogen-bond acceptors (Lipinski definition) is 4. The van der Waals surface area contributed by atoms with E-state index in [2.05, 4.69) is 15.6 Å². The highest BCUT2D eigenvalue weighted by atomic mass is 16.5. The number of para-hydroxylation sites is 3. The van der Waals surface area contributed by atoms with E-state index in [-0.39, 0.29) is 25.0 Å². The van der Waals surface area contributed by atoms with Crippen LogP contribution in [-0.4, -0.2) is 34.0 Å². The first-order valence-corrected chi connectivity index (χ1v) is 9.27. The molecule has 0 saturated carbocycles. The monoisotopic (exact) mass is 380 g/mol. The number of ether oxygens (including phenoxy) is 1. The maximum atomic E-state index is 12.5. The lowest BCUT2D eigenvalue weighted by Gasteiger charge is -2.15. The molecule has 3 rings (SSSR count). The lowest BCUT2D eigenvalue weighted by molar-refractivity contribution is -0.128. The minimum absolute atomic E-state index is 0.0533. The van der Waals surface area contributed by atoms with Crippen LogP contribution in [0.2, 0.25) is 0 Å². The molecule has 0 fully saturated rings. The Bertz CT molecular complexity index is 953. The average molecular weight is 380 g/mol. The molecular formula is C21H24N4O3. The first-order chi connectivity index (χ1) is 13.6. The van der Waals surface area contributed by atoms with Gasteiger partial charge in [0.25, 0.3) is 0 Å². The quantitative estimate of drug-likeness (QED) is 0.628. The third kappa shape index (κ3) is 4.68. The van der Waals surface area contributed by atoms with Gasteiger partial charge in [0.05, 0.1) is 11.0 Å². The van der Waals surface area contributed by atoms with Crippen LogP contribution in [0.15, 0.2) is 54.6 Å². The molecule has 2 N–H and O–H groups in total. The Morgan fingerprint density at radius 2 is 1.82 bits per heavy atom. The Kier molecular flexibility index (Phi) is 6.26. The van der Waals surface area contributed by atoms with Crippen molar-refractivity contribution in [3.05, 3.63) is 60.4 Å². The van der Waals surface area contributed by atoms with Gasteiger partial charge in [0, 0.05) is 6.54 Å². The zero-order chi connectivity index (χ0) is 19.9. The van der Waals surface area contributed by atoms with Gasteiger partial charge in [-0.15, -0.1) is 0 Å². The summed E-state index contributed by atoms with van der Waals surface area (Å²) < 4.78 is 7.63. The fourth-order valence-corrected chi connectivity index (χ4v) is 2.90. The van der Waals surface area contributed by atoms with Crippen LogP contribution in [0.5, 0.6) is 5.75 Å². The van der Waals surface area contributed by atoms with Crippen molar-refractivity contribution in [3.63, 3.8) is 0 Å². The van der Waals surface area contributed by atoms with E-state index in [0.717, 1.165) is 16.8 Å². The maximum Gasteiger partial charge on any atom is 0.242 e. The Labute approximate surface area is 163 Å². The molecule has 0 radical (unpaired) electrons. The van der Waals surface area contributed by atoms with Crippen LogP contribution in [0.3, 0.4) is 0 Å². The number of carbonyl (C=O) groups is 2. The Hall–Kier alpha value is -3.35. The van der Waals surface area contributed by atoms with E-state index in [1.54, 1.807) is 6.92 Å². The van der Waals surface area contributed by atoms with Crippen LogP contribution in [-0.2, 0) is 22.7 Å². The molecule has 0 aliphatic heterocycles. The summed E-state index contributed by atoms with van der Waals surface area (Å²) in [7, 11) is 0. The molecule has 0 spiro atoms. The molecule has 0 saturated heterocycles. The maximum absolute atomic E-state index is 12.5. The normalized spacial score (nSPS) is 11.8. The molecule has 1 atom stereocenters. The van der Waals surface area contributed by atoms with Gasteiger partial charge < -0.3 is 19.9 Å². The molecule has 0 aliphatic carbocycles. The van der Waals surface area contributed by atoms with Crippen molar-refractivity contribution in [1.29, 1.82) is 0 Å². The number of carbonyl (C=O) groups excluding carboxylic acids is 2. The second-order valence-corrected chi connectivity index (χ2v) is 6.39. The van der Waals surface area contributed by atoms with E-state index in [0.29, 0.717) is 12.4 Å². The van der Waals surface area contributed by atoms with Gasteiger partial charge in [-0.05, 0) is 38.1 Å². The number of likely N-dealkylation sites (N-methyl/N-ethyl adjacent to an activating group) is 1. The molecule has 1 unspecified atom stereocenters. The summed E-state index contributed by atoms with van der Waals surface area (Å²) in [6, 6.07) is 16.5. The van der Waals surface area contributed by atoms with Gasteiger partial charge in [0.1, 0.15) is 30.8 Å². The van der Waals surface area contributed by atoms with E-state index in [9.17, 15) is 9.59 Å². The zero-order valence-electron chi connectivity index (χ0n) is 16.0. The summed E-state index contributed by atoms with van der Waals surface area (Å²) >= 11 is 0. The van der Waals surface area contributed by atoms with Crippen LogP contribution in [0.25, 0.3) is 11.0 Å². The molecule has 7 heteroatoms. The molecule has 28 heavy (non-hydrogen) atoms. The van der Waals surface area contributed by atoms with Gasteiger partial charge in [0.15, 0.2) is 0 Å². The fraction of sp³-hybridized carbons (Fsp3) is 0.286. The second kappa shape index (κ2) is 9.03. The van der Waals surface area contributed by atoms with Gasteiger partial charge in [-0.25, -0.2) is 4.98 Å². The first-order valence-electron chi connectivity index (χ1n) is 9.27. The first kappa shape index (κ1) is 19.4. The second-order valence-electron chi connectivity index (χ2n) is 6.39. The minimum Gasteiger partial charge on any atom is -0.486 e.